The third-order valence-corrected chi connectivity index (χ3v) is 3.26. The molecule has 0 saturated heterocycles. The number of hydrogen-bond acceptors (Lipinski definition) is 1. The highest BCUT2D eigenvalue weighted by molar-refractivity contribution is 5.29. The molecule has 1 heteroatoms. The fourth-order valence-corrected chi connectivity index (χ4v) is 1.55. The van der Waals surface area contributed by atoms with Crippen molar-refractivity contribution in [1.82, 2.24) is 0 Å². The summed E-state index contributed by atoms with van der Waals surface area (Å²) in [6.07, 6.45) is 0. The SMILES string of the molecule is CC(C)c1cccc([C@](C)(O)C(C)C)c1. The molecule has 0 aliphatic carbocycles. The first-order chi connectivity index (χ1) is 6.85. The highest BCUT2D eigenvalue weighted by Gasteiger charge is 2.27. The normalized spacial score (nSPS) is 15.7. The Balaban J connectivity index is 3.10. The van der Waals surface area contributed by atoms with E-state index in [0.717, 1.165) is 5.56 Å². The van der Waals surface area contributed by atoms with Crippen molar-refractivity contribution in [3.8, 4) is 0 Å². The van der Waals surface area contributed by atoms with Gasteiger partial charge in [-0.1, -0.05) is 52.0 Å². The van der Waals surface area contributed by atoms with Crippen LogP contribution in [0.5, 0.6) is 0 Å². The van der Waals surface area contributed by atoms with Gasteiger partial charge in [0, 0.05) is 0 Å². The number of hydrogen-bond donors (Lipinski definition) is 1. The summed E-state index contributed by atoms with van der Waals surface area (Å²) in [6.45, 7) is 10.3. The summed E-state index contributed by atoms with van der Waals surface area (Å²) >= 11 is 0. The van der Waals surface area contributed by atoms with E-state index in [1.54, 1.807) is 0 Å². The van der Waals surface area contributed by atoms with E-state index < -0.39 is 5.60 Å². The molecule has 1 aromatic rings. The molecule has 1 nitrogen and oxygen atoms in total. The molecule has 1 N–H and O–H groups in total. The molecule has 0 saturated carbocycles. The average molecular weight is 206 g/mol. The van der Waals surface area contributed by atoms with Crippen LogP contribution in [0.15, 0.2) is 24.3 Å². The zero-order valence-electron chi connectivity index (χ0n) is 10.4. The molecule has 0 aromatic heterocycles. The van der Waals surface area contributed by atoms with Crippen molar-refractivity contribution in [2.45, 2.75) is 46.1 Å². The Morgan fingerprint density at radius 2 is 1.73 bits per heavy atom. The largest absolute Gasteiger partial charge is 0.385 e. The van der Waals surface area contributed by atoms with Crippen molar-refractivity contribution in [3.63, 3.8) is 0 Å². The molecule has 84 valence electrons. The van der Waals surface area contributed by atoms with Crippen LogP contribution in [0.3, 0.4) is 0 Å². The Bertz CT molecular complexity index is 324. The van der Waals surface area contributed by atoms with Crippen molar-refractivity contribution >= 4 is 0 Å². The molecule has 0 aliphatic heterocycles. The maximum atomic E-state index is 10.4. The van der Waals surface area contributed by atoms with Crippen LogP contribution in [0.4, 0.5) is 0 Å². The Hall–Kier alpha value is -0.820. The molecule has 0 radical (unpaired) electrons. The molecule has 0 fully saturated rings. The molecule has 0 bridgehead atoms. The summed E-state index contributed by atoms with van der Waals surface area (Å²) in [7, 11) is 0. The lowest BCUT2D eigenvalue weighted by Crippen LogP contribution is -2.28. The molecule has 1 atom stereocenters. The van der Waals surface area contributed by atoms with Crippen molar-refractivity contribution in [2.75, 3.05) is 0 Å². The van der Waals surface area contributed by atoms with Crippen LogP contribution in [0.2, 0.25) is 0 Å². The van der Waals surface area contributed by atoms with Gasteiger partial charge in [0.25, 0.3) is 0 Å². The monoisotopic (exact) mass is 206 g/mol. The van der Waals surface area contributed by atoms with Crippen LogP contribution in [-0.4, -0.2) is 5.11 Å². The Kier molecular flexibility index (Phi) is 3.56. The Morgan fingerprint density at radius 3 is 2.20 bits per heavy atom. The van der Waals surface area contributed by atoms with Crippen LogP contribution in [0.25, 0.3) is 0 Å². The van der Waals surface area contributed by atoms with E-state index in [2.05, 4.69) is 26.0 Å². The first-order valence-corrected chi connectivity index (χ1v) is 5.68. The van der Waals surface area contributed by atoms with E-state index >= 15 is 0 Å². The van der Waals surface area contributed by atoms with Gasteiger partial charge in [0.2, 0.25) is 0 Å². The van der Waals surface area contributed by atoms with Crippen molar-refractivity contribution in [2.24, 2.45) is 5.92 Å². The summed E-state index contributed by atoms with van der Waals surface area (Å²) in [5, 5.41) is 10.4. The summed E-state index contributed by atoms with van der Waals surface area (Å²) in [5.41, 5.74) is 1.57. The standard InChI is InChI=1S/C14H22O/c1-10(2)12-7-6-8-13(9-12)14(5,15)11(3)4/h6-11,15H,1-5H3/t14-/m1/s1. The highest BCUT2D eigenvalue weighted by atomic mass is 16.3. The van der Waals surface area contributed by atoms with Crippen molar-refractivity contribution in [3.05, 3.63) is 35.4 Å². The molecule has 0 amide bonds. The number of benzene rings is 1. The number of rotatable bonds is 3. The highest BCUT2D eigenvalue weighted by Crippen LogP contribution is 2.30. The first kappa shape index (κ1) is 12.3. The second-order valence-electron chi connectivity index (χ2n) is 5.08. The Morgan fingerprint density at radius 1 is 1.13 bits per heavy atom. The average Bonchev–Trinajstić information content (AvgIpc) is 2.17. The molecule has 0 heterocycles. The zero-order chi connectivity index (χ0) is 11.6. The van der Waals surface area contributed by atoms with Gasteiger partial charge in [-0.2, -0.15) is 0 Å². The molecule has 1 aromatic carbocycles. The topological polar surface area (TPSA) is 20.2 Å². The van der Waals surface area contributed by atoms with Gasteiger partial charge in [-0.25, -0.2) is 0 Å². The Labute approximate surface area is 93.1 Å². The molecule has 15 heavy (non-hydrogen) atoms. The molecule has 0 spiro atoms. The van der Waals surface area contributed by atoms with Crippen LogP contribution in [-0.2, 0) is 5.60 Å². The number of aliphatic hydroxyl groups is 1. The van der Waals surface area contributed by atoms with E-state index in [1.807, 2.05) is 32.9 Å². The van der Waals surface area contributed by atoms with Gasteiger partial charge in [-0.15, -0.1) is 0 Å². The fraction of sp³-hybridized carbons (Fsp3) is 0.571. The van der Waals surface area contributed by atoms with Gasteiger partial charge < -0.3 is 5.11 Å². The molecular formula is C14H22O. The molecule has 1 rings (SSSR count). The summed E-state index contributed by atoms with van der Waals surface area (Å²) in [5.74, 6) is 0.729. The maximum Gasteiger partial charge on any atom is 0.0891 e. The zero-order valence-corrected chi connectivity index (χ0v) is 10.4. The van der Waals surface area contributed by atoms with E-state index in [-0.39, 0.29) is 5.92 Å². The minimum atomic E-state index is -0.731. The predicted octanol–water partition coefficient (Wildman–Crippen LogP) is 3.67. The summed E-state index contributed by atoms with van der Waals surface area (Å²) in [4.78, 5) is 0. The first-order valence-electron chi connectivity index (χ1n) is 5.68. The second-order valence-corrected chi connectivity index (χ2v) is 5.08. The van der Waals surface area contributed by atoms with Gasteiger partial charge in [0.15, 0.2) is 0 Å². The summed E-state index contributed by atoms with van der Waals surface area (Å²) in [6, 6.07) is 8.27. The minimum absolute atomic E-state index is 0.222. The van der Waals surface area contributed by atoms with Crippen molar-refractivity contribution < 1.29 is 5.11 Å². The molecule has 0 unspecified atom stereocenters. The lowest BCUT2D eigenvalue weighted by atomic mass is 9.84. The van der Waals surface area contributed by atoms with E-state index in [9.17, 15) is 5.11 Å². The molecule has 0 aliphatic rings. The van der Waals surface area contributed by atoms with E-state index in [4.69, 9.17) is 0 Å². The minimum Gasteiger partial charge on any atom is -0.385 e. The van der Waals surface area contributed by atoms with Crippen LogP contribution in [0, 0.1) is 5.92 Å². The van der Waals surface area contributed by atoms with Crippen LogP contribution >= 0.6 is 0 Å². The lowest BCUT2D eigenvalue weighted by molar-refractivity contribution is 0.00897. The molecular weight excluding hydrogens is 184 g/mol. The third kappa shape index (κ3) is 2.60. The quantitative estimate of drug-likeness (QED) is 0.800. The van der Waals surface area contributed by atoms with Gasteiger partial charge >= 0.3 is 0 Å². The smallest absolute Gasteiger partial charge is 0.0891 e. The summed E-state index contributed by atoms with van der Waals surface area (Å²) < 4.78 is 0. The van der Waals surface area contributed by atoms with Gasteiger partial charge in [0.05, 0.1) is 5.60 Å². The second kappa shape index (κ2) is 4.36. The van der Waals surface area contributed by atoms with Crippen LogP contribution in [0.1, 0.15) is 51.7 Å². The van der Waals surface area contributed by atoms with Gasteiger partial charge in [-0.3, -0.25) is 0 Å². The van der Waals surface area contributed by atoms with E-state index in [1.165, 1.54) is 5.56 Å². The maximum absolute atomic E-state index is 10.4. The fourth-order valence-electron chi connectivity index (χ4n) is 1.55. The van der Waals surface area contributed by atoms with Gasteiger partial charge in [-0.05, 0) is 29.9 Å². The van der Waals surface area contributed by atoms with Crippen LogP contribution < -0.4 is 0 Å². The lowest BCUT2D eigenvalue weighted by Gasteiger charge is -2.29. The van der Waals surface area contributed by atoms with Gasteiger partial charge in [0.1, 0.15) is 0 Å². The van der Waals surface area contributed by atoms with Crippen molar-refractivity contribution in [1.29, 1.82) is 0 Å². The predicted molar refractivity (Wildman–Crippen MR) is 64.9 cm³/mol. The third-order valence-electron chi connectivity index (χ3n) is 3.26. The van der Waals surface area contributed by atoms with E-state index in [0.29, 0.717) is 5.92 Å².